The summed E-state index contributed by atoms with van der Waals surface area (Å²) in [5, 5.41) is 13.0. The average molecular weight is 407 g/mol. The van der Waals surface area contributed by atoms with Crippen LogP contribution in [0.15, 0.2) is 69.8 Å². The van der Waals surface area contributed by atoms with Gasteiger partial charge in [-0.3, -0.25) is 4.98 Å². The van der Waals surface area contributed by atoms with Gasteiger partial charge in [0, 0.05) is 24.0 Å². The molecule has 1 N–H and O–H groups in total. The van der Waals surface area contributed by atoms with Gasteiger partial charge in [0.25, 0.3) is 5.89 Å². The van der Waals surface area contributed by atoms with Crippen molar-refractivity contribution in [3.05, 3.63) is 83.0 Å². The Morgan fingerprint density at radius 1 is 1.10 bits per heavy atom. The van der Waals surface area contributed by atoms with Gasteiger partial charge in [-0.05, 0) is 48.0 Å². The highest BCUT2D eigenvalue weighted by atomic mass is 35.5. The largest absolute Gasteiger partial charge is 0.486 e. The third-order valence-electron chi connectivity index (χ3n) is 3.98. The summed E-state index contributed by atoms with van der Waals surface area (Å²) in [6.45, 7) is 0.690. The number of benzene rings is 1. The highest BCUT2D eigenvalue weighted by molar-refractivity contribution is 6.30. The van der Waals surface area contributed by atoms with Crippen molar-refractivity contribution < 1.29 is 13.6 Å². The lowest BCUT2D eigenvalue weighted by atomic mass is 10.3. The molecule has 0 fully saturated rings. The number of ether oxygens (including phenoxy) is 1. The van der Waals surface area contributed by atoms with Crippen LogP contribution >= 0.6 is 11.6 Å². The molecule has 0 saturated heterocycles. The van der Waals surface area contributed by atoms with Crippen molar-refractivity contribution >= 4 is 17.5 Å². The van der Waals surface area contributed by atoms with Gasteiger partial charge < -0.3 is 18.9 Å². The van der Waals surface area contributed by atoms with E-state index in [0.717, 1.165) is 5.56 Å². The maximum Gasteiger partial charge on any atom is 0.266 e. The number of nitrogens with zero attached hydrogens (tertiary/aromatic N) is 3. The third kappa shape index (κ3) is 4.57. The minimum atomic E-state index is 0.152. The summed E-state index contributed by atoms with van der Waals surface area (Å²) in [7, 11) is 0. The Morgan fingerprint density at radius 3 is 2.72 bits per heavy atom. The van der Waals surface area contributed by atoms with E-state index in [1.165, 1.54) is 0 Å². The van der Waals surface area contributed by atoms with Crippen molar-refractivity contribution in [2.45, 2.75) is 13.2 Å². The molecule has 4 rings (SSSR count). The number of furan rings is 1. The molecule has 29 heavy (non-hydrogen) atoms. The van der Waals surface area contributed by atoms with Crippen molar-refractivity contribution in [2.24, 2.45) is 0 Å². The van der Waals surface area contributed by atoms with E-state index in [2.05, 4.69) is 15.3 Å². The molecule has 0 amide bonds. The fourth-order valence-corrected chi connectivity index (χ4v) is 2.69. The van der Waals surface area contributed by atoms with Crippen molar-refractivity contribution in [3.63, 3.8) is 0 Å². The SMILES string of the molecule is N#Cc1nc(-c2ccc(COc3ccc(Cl)cc3)o2)oc1NCc1cccnc1. The fraction of sp³-hybridized carbons (Fsp3) is 0.0952. The number of halogens is 1. The Balaban J connectivity index is 1.44. The zero-order chi connectivity index (χ0) is 20.1. The fourth-order valence-electron chi connectivity index (χ4n) is 2.56. The predicted octanol–water partition coefficient (Wildman–Crippen LogP) is 5.05. The van der Waals surface area contributed by atoms with Crippen LogP contribution in [-0.4, -0.2) is 9.97 Å². The van der Waals surface area contributed by atoms with Gasteiger partial charge in [0.05, 0.1) is 0 Å². The second kappa shape index (κ2) is 8.50. The van der Waals surface area contributed by atoms with Gasteiger partial charge in [0.2, 0.25) is 11.6 Å². The smallest absolute Gasteiger partial charge is 0.266 e. The molecule has 1 aromatic carbocycles. The Hall–Kier alpha value is -3.76. The lowest BCUT2D eigenvalue weighted by Crippen LogP contribution is -1.99. The minimum Gasteiger partial charge on any atom is -0.486 e. The van der Waals surface area contributed by atoms with Crippen LogP contribution in [0.1, 0.15) is 17.0 Å². The average Bonchev–Trinajstić information content (AvgIpc) is 3.39. The number of pyridine rings is 1. The van der Waals surface area contributed by atoms with Gasteiger partial charge in [-0.25, -0.2) is 0 Å². The van der Waals surface area contributed by atoms with Crippen LogP contribution in [0.5, 0.6) is 5.75 Å². The number of anilines is 1. The molecular formula is C21H15ClN4O3. The Kier molecular flexibility index (Phi) is 5.45. The van der Waals surface area contributed by atoms with Crippen molar-refractivity contribution in [1.82, 2.24) is 9.97 Å². The number of nitrogens with one attached hydrogen (secondary N) is 1. The van der Waals surface area contributed by atoms with Gasteiger partial charge in [0.1, 0.15) is 24.2 Å². The molecule has 7 nitrogen and oxygen atoms in total. The first-order valence-corrected chi connectivity index (χ1v) is 9.10. The third-order valence-corrected chi connectivity index (χ3v) is 4.23. The van der Waals surface area contributed by atoms with E-state index in [1.807, 2.05) is 18.2 Å². The normalized spacial score (nSPS) is 10.5. The van der Waals surface area contributed by atoms with Crippen LogP contribution in [0.2, 0.25) is 5.02 Å². The van der Waals surface area contributed by atoms with Crippen molar-refractivity contribution in [3.8, 4) is 23.5 Å². The maximum absolute atomic E-state index is 9.33. The van der Waals surface area contributed by atoms with Crippen LogP contribution < -0.4 is 10.1 Å². The van der Waals surface area contributed by atoms with Crippen molar-refractivity contribution in [1.29, 1.82) is 5.26 Å². The number of rotatable bonds is 7. The van der Waals surface area contributed by atoms with Crippen LogP contribution in [0.25, 0.3) is 11.7 Å². The van der Waals surface area contributed by atoms with Gasteiger partial charge in [0.15, 0.2) is 5.76 Å². The molecule has 0 saturated carbocycles. The summed E-state index contributed by atoms with van der Waals surface area (Å²) in [6, 6.07) is 16.3. The summed E-state index contributed by atoms with van der Waals surface area (Å²) in [5.41, 5.74) is 1.10. The molecule has 0 aliphatic carbocycles. The maximum atomic E-state index is 9.33. The summed E-state index contributed by atoms with van der Waals surface area (Å²) in [5.74, 6) is 2.17. The molecule has 4 aromatic rings. The van der Waals surface area contributed by atoms with Crippen LogP contribution in [0.3, 0.4) is 0 Å². The molecule has 0 bridgehead atoms. The number of hydrogen-bond donors (Lipinski definition) is 1. The first-order valence-electron chi connectivity index (χ1n) is 8.72. The minimum absolute atomic E-state index is 0.152. The summed E-state index contributed by atoms with van der Waals surface area (Å²) in [6.07, 6.45) is 3.43. The molecule has 3 heterocycles. The highest BCUT2D eigenvalue weighted by Gasteiger charge is 2.17. The predicted molar refractivity (Wildman–Crippen MR) is 106 cm³/mol. The van der Waals surface area contributed by atoms with Gasteiger partial charge in [-0.2, -0.15) is 10.2 Å². The topological polar surface area (TPSA) is 97.1 Å². The van der Waals surface area contributed by atoms with Crippen LogP contribution in [0.4, 0.5) is 5.88 Å². The highest BCUT2D eigenvalue weighted by Crippen LogP contribution is 2.28. The van der Waals surface area contributed by atoms with Crippen LogP contribution in [0, 0.1) is 11.3 Å². The number of hydrogen-bond acceptors (Lipinski definition) is 7. The molecule has 0 atom stereocenters. The lowest BCUT2D eigenvalue weighted by molar-refractivity contribution is 0.271. The quantitative estimate of drug-likeness (QED) is 0.458. The Bertz CT molecular complexity index is 1130. The lowest BCUT2D eigenvalue weighted by Gasteiger charge is -2.03. The molecule has 3 aromatic heterocycles. The Morgan fingerprint density at radius 2 is 1.97 bits per heavy atom. The van der Waals surface area contributed by atoms with E-state index in [1.54, 1.807) is 48.8 Å². The molecule has 0 aliphatic heterocycles. The molecule has 144 valence electrons. The van der Waals surface area contributed by atoms with Gasteiger partial charge in [-0.15, -0.1) is 0 Å². The molecule has 0 spiro atoms. The van der Waals surface area contributed by atoms with Crippen LogP contribution in [-0.2, 0) is 13.2 Å². The second-order valence-corrected chi connectivity index (χ2v) is 6.47. The van der Waals surface area contributed by atoms with E-state index < -0.39 is 0 Å². The molecule has 0 aliphatic rings. The Labute approximate surface area is 171 Å². The second-order valence-electron chi connectivity index (χ2n) is 6.03. The number of oxazole rings is 1. The zero-order valence-electron chi connectivity index (χ0n) is 15.1. The number of aromatic nitrogens is 2. The first kappa shape index (κ1) is 18.6. The van der Waals surface area contributed by atoms with Crippen molar-refractivity contribution in [2.75, 3.05) is 5.32 Å². The first-order chi connectivity index (χ1) is 14.2. The standard InChI is InChI=1S/C21H15ClN4O3/c22-15-3-5-16(6-4-15)27-13-17-7-8-19(28-17)21-26-18(10-23)20(29-21)25-12-14-2-1-9-24-11-14/h1-9,11,25H,12-13H2. The molecule has 8 heteroatoms. The molecule has 0 radical (unpaired) electrons. The van der Waals surface area contributed by atoms with Gasteiger partial charge in [-0.1, -0.05) is 17.7 Å². The summed E-state index contributed by atoms with van der Waals surface area (Å²) >= 11 is 5.86. The summed E-state index contributed by atoms with van der Waals surface area (Å²) < 4.78 is 17.1. The van der Waals surface area contributed by atoms with E-state index in [4.69, 9.17) is 25.2 Å². The summed E-state index contributed by atoms with van der Waals surface area (Å²) in [4.78, 5) is 8.25. The van der Waals surface area contributed by atoms with E-state index in [9.17, 15) is 5.26 Å². The van der Waals surface area contributed by atoms with E-state index >= 15 is 0 Å². The van der Waals surface area contributed by atoms with Gasteiger partial charge >= 0.3 is 0 Å². The molecule has 0 unspecified atom stereocenters. The van der Waals surface area contributed by atoms with E-state index in [0.29, 0.717) is 28.8 Å². The monoisotopic (exact) mass is 406 g/mol. The molecular weight excluding hydrogens is 392 g/mol. The number of nitriles is 1. The zero-order valence-corrected chi connectivity index (χ0v) is 15.9. The van der Waals surface area contributed by atoms with E-state index in [-0.39, 0.29) is 24.1 Å².